The van der Waals surface area contributed by atoms with E-state index in [1.807, 2.05) is 6.07 Å². The molecule has 2 heterocycles. The van der Waals surface area contributed by atoms with Crippen LogP contribution >= 0.6 is 0 Å². The van der Waals surface area contributed by atoms with Crippen LogP contribution in [-0.2, 0) is 6.54 Å². The van der Waals surface area contributed by atoms with Gasteiger partial charge in [0.1, 0.15) is 0 Å². The molecule has 0 bridgehead atoms. The van der Waals surface area contributed by atoms with E-state index < -0.39 is 0 Å². The van der Waals surface area contributed by atoms with E-state index in [-0.39, 0.29) is 0 Å². The van der Waals surface area contributed by atoms with Crippen molar-refractivity contribution in [2.75, 3.05) is 40.9 Å². The molecule has 1 saturated heterocycles. The molecule has 1 N–H and O–H groups in total. The SMILES string of the molecule is COc1ccnc(CNCC2CCN(C)CC2)c1OC. The van der Waals surface area contributed by atoms with Gasteiger partial charge in [-0.1, -0.05) is 0 Å². The van der Waals surface area contributed by atoms with E-state index in [9.17, 15) is 0 Å². The number of likely N-dealkylation sites (tertiary alicyclic amines) is 1. The molecular weight excluding hydrogens is 254 g/mol. The fourth-order valence-corrected chi connectivity index (χ4v) is 2.64. The zero-order chi connectivity index (χ0) is 14.4. The molecule has 0 aromatic carbocycles. The highest BCUT2D eigenvalue weighted by Gasteiger charge is 2.17. The second kappa shape index (κ2) is 7.45. The Morgan fingerprint density at radius 1 is 1.30 bits per heavy atom. The third-order valence-electron chi connectivity index (χ3n) is 3.93. The lowest BCUT2D eigenvalue weighted by molar-refractivity contribution is 0.215. The summed E-state index contributed by atoms with van der Waals surface area (Å²) in [7, 11) is 5.49. The lowest BCUT2D eigenvalue weighted by Gasteiger charge is -2.29. The molecule has 1 aliphatic heterocycles. The molecule has 0 unspecified atom stereocenters. The summed E-state index contributed by atoms with van der Waals surface area (Å²) in [5, 5.41) is 3.50. The number of hydrogen-bond donors (Lipinski definition) is 1. The van der Waals surface area contributed by atoms with Gasteiger partial charge in [-0.2, -0.15) is 0 Å². The van der Waals surface area contributed by atoms with Gasteiger partial charge >= 0.3 is 0 Å². The van der Waals surface area contributed by atoms with Crippen molar-refractivity contribution in [2.45, 2.75) is 19.4 Å². The predicted molar refractivity (Wildman–Crippen MR) is 79.3 cm³/mol. The van der Waals surface area contributed by atoms with E-state index in [0.717, 1.165) is 29.7 Å². The Bertz CT molecular complexity index is 418. The van der Waals surface area contributed by atoms with Gasteiger partial charge in [0, 0.05) is 18.8 Å². The van der Waals surface area contributed by atoms with Gasteiger partial charge in [0.05, 0.1) is 19.9 Å². The Balaban J connectivity index is 1.85. The van der Waals surface area contributed by atoms with Crippen LogP contribution in [0.3, 0.4) is 0 Å². The third-order valence-corrected chi connectivity index (χ3v) is 3.93. The molecule has 5 heteroatoms. The summed E-state index contributed by atoms with van der Waals surface area (Å²) in [5.41, 5.74) is 0.903. The number of ether oxygens (including phenoxy) is 2. The highest BCUT2D eigenvalue weighted by molar-refractivity contribution is 5.42. The summed E-state index contributed by atoms with van der Waals surface area (Å²) in [4.78, 5) is 6.77. The summed E-state index contributed by atoms with van der Waals surface area (Å²) in [6, 6.07) is 1.82. The van der Waals surface area contributed by atoms with Crippen LogP contribution in [0, 0.1) is 5.92 Å². The molecule has 0 aliphatic carbocycles. The van der Waals surface area contributed by atoms with Gasteiger partial charge < -0.3 is 19.7 Å². The largest absolute Gasteiger partial charge is 0.493 e. The Hall–Kier alpha value is -1.33. The molecule has 1 aromatic heterocycles. The molecule has 20 heavy (non-hydrogen) atoms. The first kappa shape index (κ1) is 15.1. The third kappa shape index (κ3) is 3.84. The normalized spacial score (nSPS) is 17.1. The number of methoxy groups -OCH3 is 2. The topological polar surface area (TPSA) is 46.6 Å². The standard InChI is InChI=1S/C15H25N3O2/c1-18-8-5-12(6-9-18)10-16-11-13-15(20-3)14(19-2)4-7-17-13/h4,7,12,16H,5-6,8-11H2,1-3H3. The fourth-order valence-electron chi connectivity index (χ4n) is 2.64. The monoisotopic (exact) mass is 279 g/mol. The maximum atomic E-state index is 5.39. The maximum absolute atomic E-state index is 5.39. The molecule has 0 amide bonds. The predicted octanol–water partition coefficient (Wildman–Crippen LogP) is 1.53. The highest BCUT2D eigenvalue weighted by Crippen LogP contribution is 2.28. The fraction of sp³-hybridized carbons (Fsp3) is 0.667. The van der Waals surface area contributed by atoms with Crippen molar-refractivity contribution in [2.24, 2.45) is 5.92 Å². The van der Waals surface area contributed by atoms with Crippen molar-refractivity contribution in [1.82, 2.24) is 15.2 Å². The van der Waals surface area contributed by atoms with E-state index in [0.29, 0.717) is 6.54 Å². The number of nitrogens with one attached hydrogen (secondary N) is 1. The van der Waals surface area contributed by atoms with Gasteiger partial charge in [-0.25, -0.2) is 0 Å². The molecule has 0 spiro atoms. The van der Waals surface area contributed by atoms with Crippen molar-refractivity contribution < 1.29 is 9.47 Å². The lowest BCUT2D eigenvalue weighted by Crippen LogP contribution is -2.34. The van der Waals surface area contributed by atoms with Gasteiger partial charge in [-0.15, -0.1) is 0 Å². The minimum atomic E-state index is 0.715. The van der Waals surface area contributed by atoms with E-state index in [1.54, 1.807) is 20.4 Å². The van der Waals surface area contributed by atoms with E-state index in [4.69, 9.17) is 9.47 Å². The van der Waals surface area contributed by atoms with Crippen LogP contribution in [0.5, 0.6) is 11.5 Å². The second-order valence-corrected chi connectivity index (χ2v) is 5.37. The Morgan fingerprint density at radius 2 is 2.05 bits per heavy atom. The van der Waals surface area contributed by atoms with E-state index in [1.165, 1.54) is 25.9 Å². The van der Waals surface area contributed by atoms with Crippen LogP contribution in [-0.4, -0.2) is 50.8 Å². The molecule has 1 aromatic rings. The second-order valence-electron chi connectivity index (χ2n) is 5.37. The van der Waals surface area contributed by atoms with Crippen molar-refractivity contribution in [3.8, 4) is 11.5 Å². The molecule has 0 radical (unpaired) electrons. The van der Waals surface area contributed by atoms with Gasteiger partial charge in [0.25, 0.3) is 0 Å². The first-order chi connectivity index (χ1) is 9.74. The maximum Gasteiger partial charge on any atom is 0.183 e. The van der Waals surface area contributed by atoms with Gasteiger partial charge in [0.15, 0.2) is 11.5 Å². The average Bonchev–Trinajstić information content (AvgIpc) is 2.49. The zero-order valence-corrected chi connectivity index (χ0v) is 12.7. The average molecular weight is 279 g/mol. The summed E-state index contributed by atoms with van der Waals surface area (Å²) in [6.45, 7) is 4.16. The summed E-state index contributed by atoms with van der Waals surface area (Å²) in [5.74, 6) is 2.23. The quantitative estimate of drug-likeness (QED) is 0.855. The number of piperidine rings is 1. The number of aromatic nitrogens is 1. The molecule has 5 nitrogen and oxygen atoms in total. The van der Waals surface area contributed by atoms with E-state index >= 15 is 0 Å². The minimum Gasteiger partial charge on any atom is -0.493 e. The molecule has 112 valence electrons. The van der Waals surface area contributed by atoms with Crippen molar-refractivity contribution >= 4 is 0 Å². The van der Waals surface area contributed by atoms with Crippen molar-refractivity contribution in [1.29, 1.82) is 0 Å². The molecule has 0 atom stereocenters. The first-order valence-corrected chi connectivity index (χ1v) is 7.19. The summed E-state index contributed by atoms with van der Waals surface area (Å²) in [6.07, 6.45) is 4.30. The van der Waals surface area contributed by atoms with Gasteiger partial charge in [0.2, 0.25) is 0 Å². The van der Waals surface area contributed by atoms with Gasteiger partial charge in [-0.05, 0) is 45.4 Å². The molecular formula is C15H25N3O2. The Kier molecular flexibility index (Phi) is 5.61. The van der Waals surface area contributed by atoms with Crippen LogP contribution in [0.2, 0.25) is 0 Å². The number of rotatable bonds is 6. The Labute approximate surface area is 121 Å². The van der Waals surface area contributed by atoms with Gasteiger partial charge in [-0.3, -0.25) is 4.98 Å². The number of pyridine rings is 1. The Morgan fingerprint density at radius 3 is 2.70 bits per heavy atom. The molecule has 1 fully saturated rings. The first-order valence-electron chi connectivity index (χ1n) is 7.19. The van der Waals surface area contributed by atoms with Crippen LogP contribution in [0.15, 0.2) is 12.3 Å². The minimum absolute atomic E-state index is 0.715. The van der Waals surface area contributed by atoms with Crippen LogP contribution < -0.4 is 14.8 Å². The highest BCUT2D eigenvalue weighted by atomic mass is 16.5. The van der Waals surface area contributed by atoms with Crippen molar-refractivity contribution in [3.05, 3.63) is 18.0 Å². The molecule has 0 saturated carbocycles. The summed E-state index contributed by atoms with van der Waals surface area (Å²) < 4.78 is 10.7. The van der Waals surface area contributed by atoms with Crippen LogP contribution in [0.4, 0.5) is 0 Å². The number of nitrogens with zero attached hydrogens (tertiary/aromatic N) is 2. The molecule has 2 rings (SSSR count). The smallest absolute Gasteiger partial charge is 0.183 e. The van der Waals surface area contributed by atoms with Crippen LogP contribution in [0.25, 0.3) is 0 Å². The molecule has 1 aliphatic rings. The zero-order valence-electron chi connectivity index (χ0n) is 12.7. The van der Waals surface area contributed by atoms with Crippen molar-refractivity contribution in [3.63, 3.8) is 0 Å². The van der Waals surface area contributed by atoms with Crippen LogP contribution in [0.1, 0.15) is 18.5 Å². The summed E-state index contributed by atoms with van der Waals surface area (Å²) >= 11 is 0. The lowest BCUT2D eigenvalue weighted by atomic mass is 9.97. The number of hydrogen-bond acceptors (Lipinski definition) is 5. The van der Waals surface area contributed by atoms with E-state index in [2.05, 4.69) is 22.2 Å².